The van der Waals surface area contributed by atoms with Gasteiger partial charge in [0.05, 0.1) is 19.0 Å². The number of fused-ring (bicyclic) bond motifs is 1. The van der Waals surface area contributed by atoms with E-state index in [0.29, 0.717) is 17.7 Å². The van der Waals surface area contributed by atoms with Gasteiger partial charge in [-0.05, 0) is 24.3 Å². The molecule has 0 unspecified atom stereocenters. The Bertz CT molecular complexity index is 1020. The number of aliphatic hydroxyl groups excluding tert-OH is 1. The second kappa shape index (κ2) is 6.85. The highest BCUT2D eigenvalue weighted by molar-refractivity contribution is 9.10. The van der Waals surface area contributed by atoms with Gasteiger partial charge in [0.1, 0.15) is 0 Å². The quantitative estimate of drug-likeness (QED) is 0.648. The van der Waals surface area contributed by atoms with Crippen molar-refractivity contribution in [3.05, 3.63) is 55.9 Å². The summed E-state index contributed by atoms with van der Waals surface area (Å²) < 4.78 is 4.91. The standard InChI is InChI=1S/C16H18BrN5O3/c1-20-14-13(15(24)21(2)16(20)25)22(9-19-14)8-12(23)7-18-11-5-3-10(17)4-6-11/h3-6,9,12,18,23H,7-8H2,1-2H3/t12-/m0/s1. The summed E-state index contributed by atoms with van der Waals surface area (Å²) in [7, 11) is 2.99. The molecule has 0 aliphatic rings. The minimum atomic E-state index is -0.733. The molecule has 0 aliphatic carbocycles. The minimum Gasteiger partial charge on any atom is -0.389 e. The lowest BCUT2D eigenvalue weighted by molar-refractivity contribution is 0.168. The zero-order valence-electron chi connectivity index (χ0n) is 13.8. The molecule has 2 heterocycles. The Morgan fingerprint density at radius 1 is 1.20 bits per heavy atom. The Balaban J connectivity index is 1.80. The number of imidazole rings is 1. The van der Waals surface area contributed by atoms with Crippen molar-refractivity contribution >= 4 is 32.8 Å². The first-order valence-electron chi connectivity index (χ1n) is 7.67. The topological polar surface area (TPSA) is 94.1 Å². The average Bonchev–Trinajstić information content (AvgIpc) is 3.01. The zero-order valence-corrected chi connectivity index (χ0v) is 15.4. The highest BCUT2D eigenvalue weighted by atomic mass is 79.9. The molecule has 0 bridgehead atoms. The van der Waals surface area contributed by atoms with Gasteiger partial charge in [0, 0.05) is 30.8 Å². The number of aryl methyl sites for hydroxylation is 1. The summed E-state index contributed by atoms with van der Waals surface area (Å²) in [6, 6.07) is 7.61. The summed E-state index contributed by atoms with van der Waals surface area (Å²) in [5.41, 5.74) is 0.633. The van der Waals surface area contributed by atoms with Crippen LogP contribution in [0.4, 0.5) is 5.69 Å². The van der Waals surface area contributed by atoms with Crippen LogP contribution in [0, 0.1) is 0 Å². The lowest BCUT2D eigenvalue weighted by Crippen LogP contribution is -2.38. The van der Waals surface area contributed by atoms with Crippen LogP contribution in [0.3, 0.4) is 0 Å². The van der Waals surface area contributed by atoms with Crippen molar-refractivity contribution < 1.29 is 5.11 Å². The molecule has 0 amide bonds. The maximum absolute atomic E-state index is 12.4. The van der Waals surface area contributed by atoms with Gasteiger partial charge in [-0.3, -0.25) is 13.9 Å². The predicted octanol–water partition coefficient (Wildman–Crippen LogP) is 0.669. The summed E-state index contributed by atoms with van der Waals surface area (Å²) in [6.07, 6.45) is 0.733. The monoisotopic (exact) mass is 407 g/mol. The van der Waals surface area contributed by atoms with Crippen LogP contribution in [0.2, 0.25) is 0 Å². The number of nitrogens with zero attached hydrogens (tertiary/aromatic N) is 4. The van der Waals surface area contributed by atoms with Crippen LogP contribution in [0.1, 0.15) is 0 Å². The smallest absolute Gasteiger partial charge is 0.332 e. The van der Waals surface area contributed by atoms with Crippen molar-refractivity contribution in [1.82, 2.24) is 18.7 Å². The van der Waals surface area contributed by atoms with Crippen molar-refractivity contribution in [1.29, 1.82) is 0 Å². The fourth-order valence-corrected chi connectivity index (χ4v) is 2.89. The predicted molar refractivity (Wildman–Crippen MR) is 98.9 cm³/mol. The SMILES string of the molecule is Cn1c(=O)c2c(ncn2C[C@@H](O)CNc2ccc(Br)cc2)n(C)c1=O. The average molecular weight is 408 g/mol. The summed E-state index contributed by atoms with van der Waals surface area (Å²) >= 11 is 3.37. The van der Waals surface area contributed by atoms with Gasteiger partial charge in [-0.25, -0.2) is 9.78 Å². The molecule has 25 heavy (non-hydrogen) atoms. The van der Waals surface area contributed by atoms with E-state index in [9.17, 15) is 14.7 Å². The Labute approximate surface area is 151 Å². The maximum Gasteiger partial charge on any atom is 0.332 e. The van der Waals surface area contributed by atoms with Gasteiger partial charge in [-0.2, -0.15) is 0 Å². The Morgan fingerprint density at radius 3 is 2.56 bits per heavy atom. The van der Waals surface area contributed by atoms with Gasteiger partial charge in [-0.15, -0.1) is 0 Å². The molecule has 9 heteroatoms. The van der Waals surface area contributed by atoms with Crippen LogP contribution < -0.4 is 16.6 Å². The highest BCUT2D eigenvalue weighted by Gasteiger charge is 2.16. The molecule has 0 aliphatic heterocycles. The molecular formula is C16H18BrN5O3. The molecule has 3 aromatic rings. The van der Waals surface area contributed by atoms with E-state index in [1.165, 1.54) is 17.9 Å². The number of aliphatic hydroxyl groups is 1. The van der Waals surface area contributed by atoms with Crippen molar-refractivity contribution in [2.24, 2.45) is 14.1 Å². The molecule has 1 atom stereocenters. The van der Waals surface area contributed by atoms with Gasteiger partial charge in [0.25, 0.3) is 5.56 Å². The van der Waals surface area contributed by atoms with Gasteiger partial charge in [0.15, 0.2) is 11.2 Å². The number of benzene rings is 1. The van der Waals surface area contributed by atoms with E-state index in [-0.39, 0.29) is 6.54 Å². The molecule has 132 valence electrons. The third kappa shape index (κ3) is 3.38. The van der Waals surface area contributed by atoms with Crippen molar-refractivity contribution in [3.63, 3.8) is 0 Å². The number of nitrogens with one attached hydrogen (secondary N) is 1. The fraction of sp³-hybridized carbons (Fsp3) is 0.312. The Hall–Kier alpha value is -2.39. The fourth-order valence-electron chi connectivity index (χ4n) is 2.63. The number of halogens is 1. The molecule has 2 aromatic heterocycles. The zero-order chi connectivity index (χ0) is 18.1. The van der Waals surface area contributed by atoms with E-state index in [0.717, 1.165) is 14.7 Å². The summed E-state index contributed by atoms with van der Waals surface area (Å²) in [6.45, 7) is 0.501. The third-order valence-electron chi connectivity index (χ3n) is 4.01. The van der Waals surface area contributed by atoms with Crippen molar-refractivity contribution in [2.45, 2.75) is 12.6 Å². The van der Waals surface area contributed by atoms with Crippen LogP contribution in [0.25, 0.3) is 11.2 Å². The number of rotatable bonds is 5. The number of aromatic nitrogens is 4. The van der Waals surface area contributed by atoms with E-state index in [1.807, 2.05) is 24.3 Å². The first-order valence-corrected chi connectivity index (χ1v) is 8.46. The maximum atomic E-state index is 12.4. The lowest BCUT2D eigenvalue weighted by atomic mass is 10.3. The van der Waals surface area contributed by atoms with Crippen LogP contribution in [-0.4, -0.2) is 36.4 Å². The van der Waals surface area contributed by atoms with Gasteiger partial charge in [-0.1, -0.05) is 15.9 Å². The molecule has 2 N–H and O–H groups in total. The molecule has 0 saturated heterocycles. The minimum absolute atomic E-state index is 0.188. The number of anilines is 1. The normalized spacial score (nSPS) is 12.5. The van der Waals surface area contributed by atoms with E-state index in [2.05, 4.69) is 26.2 Å². The van der Waals surface area contributed by atoms with Gasteiger partial charge in [0.2, 0.25) is 0 Å². The number of hydrogen-bond donors (Lipinski definition) is 2. The Morgan fingerprint density at radius 2 is 1.88 bits per heavy atom. The first kappa shape index (κ1) is 17.4. The van der Waals surface area contributed by atoms with E-state index < -0.39 is 17.4 Å². The third-order valence-corrected chi connectivity index (χ3v) is 4.54. The van der Waals surface area contributed by atoms with E-state index in [4.69, 9.17) is 0 Å². The number of hydrogen-bond acceptors (Lipinski definition) is 5. The van der Waals surface area contributed by atoms with Gasteiger partial charge < -0.3 is 15.0 Å². The second-order valence-corrected chi connectivity index (χ2v) is 6.73. The van der Waals surface area contributed by atoms with Gasteiger partial charge >= 0.3 is 5.69 Å². The molecule has 0 fully saturated rings. The molecule has 3 rings (SSSR count). The van der Waals surface area contributed by atoms with Crippen molar-refractivity contribution in [2.75, 3.05) is 11.9 Å². The van der Waals surface area contributed by atoms with E-state index >= 15 is 0 Å². The summed E-state index contributed by atoms with van der Waals surface area (Å²) in [5, 5.41) is 13.4. The van der Waals surface area contributed by atoms with Crippen LogP contribution >= 0.6 is 15.9 Å². The molecule has 1 aromatic carbocycles. The molecule has 0 spiro atoms. The molecule has 0 radical (unpaired) electrons. The molecular weight excluding hydrogens is 390 g/mol. The summed E-state index contributed by atoms with van der Waals surface area (Å²) in [5.74, 6) is 0. The highest BCUT2D eigenvalue weighted by Crippen LogP contribution is 2.14. The largest absolute Gasteiger partial charge is 0.389 e. The van der Waals surface area contributed by atoms with Crippen molar-refractivity contribution in [3.8, 4) is 0 Å². The van der Waals surface area contributed by atoms with Crippen LogP contribution in [-0.2, 0) is 20.6 Å². The molecule has 0 saturated carbocycles. The van der Waals surface area contributed by atoms with E-state index in [1.54, 1.807) is 11.6 Å². The van der Waals surface area contributed by atoms with Crippen LogP contribution in [0.5, 0.6) is 0 Å². The second-order valence-electron chi connectivity index (χ2n) is 5.82. The first-order chi connectivity index (χ1) is 11.9. The summed E-state index contributed by atoms with van der Waals surface area (Å²) in [4.78, 5) is 28.4. The Kier molecular flexibility index (Phi) is 4.78. The lowest BCUT2D eigenvalue weighted by Gasteiger charge is -2.14. The van der Waals surface area contributed by atoms with Crippen LogP contribution in [0.15, 0.2) is 44.7 Å². The molecule has 8 nitrogen and oxygen atoms in total.